The molecule has 0 radical (unpaired) electrons. The van der Waals surface area contributed by atoms with Gasteiger partial charge in [0.1, 0.15) is 17.4 Å². The van der Waals surface area contributed by atoms with E-state index in [0.717, 1.165) is 60.2 Å². The summed E-state index contributed by atoms with van der Waals surface area (Å²) < 4.78 is 9.72. The van der Waals surface area contributed by atoms with E-state index in [1.807, 2.05) is 39.0 Å². The number of fused-ring (bicyclic) bond motifs is 1. The molecule has 1 N–H and O–H groups in total. The molecule has 1 atom stereocenters. The molecule has 7 nitrogen and oxygen atoms in total. The van der Waals surface area contributed by atoms with E-state index in [9.17, 15) is 4.79 Å². The molecule has 1 aliphatic heterocycles. The van der Waals surface area contributed by atoms with Gasteiger partial charge in [0.15, 0.2) is 0 Å². The summed E-state index contributed by atoms with van der Waals surface area (Å²) in [5, 5.41) is 11.6. The highest BCUT2D eigenvalue weighted by molar-refractivity contribution is 5.95. The Morgan fingerprint density at radius 3 is 2.93 bits per heavy atom. The molecule has 4 rings (SSSR count). The van der Waals surface area contributed by atoms with Crippen LogP contribution in [-0.2, 0) is 19.5 Å². The molecule has 3 aromatic rings. The van der Waals surface area contributed by atoms with Gasteiger partial charge in [-0.1, -0.05) is 0 Å². The first kappa shape index (κ1) is 17.6. The molecule has 1 unspecified atom stereocenters. The normalized spacial score (nSPS) is 16.8. The summed E-state index contributed by atoms with van der Waals surface area (Å²) in [7, 11) is 0. The van der Waals surface area contributed by atoms with Crippen molar-refractivity contribution in [2.24, 2.45) is 0 Å². The summed E-state index contributed by atoms with van der Waals surface area (Å²) in [5.41, 5.74) is 2.75. The number of carbonyl (C=O) groups excluding carboxylic acids is 1. The highest BCUT2D eigenvalue weighted by Crippen LogP contribution is 2.19. The number of aromatic nitrogens is 4. The molecule has 0 bridgehead atoms. The largest absolute Gasteiger partial charge is 0.467 e. The molecule has 3 aromatic heterocycles. The molecule has 7 heteroatoms. The average molecular weight is 367 g/mol. The Kier molecular flexibility index (Phi) is 4.59. The molecular formula is C20H25N5O2. The maximum absolute atomic E-state index is 12.9. The van der Waals surface area contributed by atoms with Crippen LogP contribution in [0.25, 0.3) is 0 Å². The number of amides is 1. The zero-order valence-electron chi connectivity index (χ0n) is 16.0. The zero-order chi connectivity index (χ0) is 19.0. The smallest absolute Gasteiger partial charge is 0.253 e. The maximum Gasteiger partial charge on any atom is 0.253 e. The van der Waals surface area contributed by atoms with Crippen molar-refractivity contribution in [3.63, 3.8) is 0 Å². The number of aryl methyl sites for hydroxylation is 3. The molecule has 27 heavy (non-hydrogen) atoms. The maximum atomic E-state index is 12.9. The van der Waals surface area contributed by atoms with E-state index in [1.54, 1.807) is 6.26 Å². The lowest BCUT2D eigenvalue weighted by Gasteiger charge is -2.16. The van der Waals surface area contributed by atoms with Crippen molar-refractivity contribution in [3.05, 3.63) is 58.8 Å². The van der Waals surface area contributed by atoms with Gasteiger partial charge < -0.3 is 18.9 Å². The molecule has 1 amide bonds. The van der Waals surface area contributed by atoms with Crippen molar-refractivity contribution in [1.29, 1.82) is 0 Å². The van der Waals surface area contributed by atoms with E-state index < -0.39 is 0 Å². The van der Waals surface area contributed by atoms with Crippen LogP contribution in [0, 0.1) is 20.8 Å². The third kappa shape index (κ3) is 3.41. The van der Waals surface area contributed by atoms with Gasteiger partial charge in [-0.25, -0.2) is 0 Å². The van der Waals surface area contributed by atoms with E-state index in [-0.39, 0.29) is 11.9 Å². The summed E-state index contributed by atoms with van der Waals surface area (Å²) in [6.07, 6.45) is 4.28. The first-order valence-corrected chi connectivity index (χ1v) is 9.41. The number of nitrogens with one attached hydrogen (secondary N) is 1. The second-order valence-electron chi connectivity index (χ2n) is 7.26. The monoisotopic (exact) mass is 367 g/mol. The van der Waals surface area contributed by atoms with Crippen molar-refractivity contribution in [3.8, 4) is 0 Å². The van der Waals surface area contributed by atoms with E-state index in [1.165, 1.54) is 0 Å². The molecule has 0 aromatic carbocycles. The Bertz CT molecular complexity index is 952. The molecule has 0 spiro atoms. The van der Waals surface area contributed by atoms with Gasteiger partial charge >= 0.3 is 0 Å². The van der Waals surface area contributed by atoms with Gasteiger partial charge in [0, 0.05) is 30.4 Å². The summed E-state index contributed by atoms with van der Waals surface area (Å²) in [5.74, 6) is 2.83. The number of carbonyl (C=O) groups is 1. The predicted octanol–water partition coefficient (Wildman–Crippen LogP) is 2.78. The fraction of sp³-hybridized carbons (Fsp3) is 0.450. The summed E-state index contributed by atoms with van der Waals surface area (Å²) in [4.78, 5) is 12.9. The lowest BCUT2D eigenvalue weighted by Crippen LogP contribution is -2.35. The predicted molar refractivity (Wildman–Crippen MR) is 101 cm³/mol. The Labute approximate surface area is 158 Å². The van der Waals surface area contributed by atoms with E-state index in [0.29, 0.717) is 6.54 Å². The highest BCUT2D eigenvalue weighted by Gasteiger charge is 2.23. The number of nitrogens with zero attached hydrogens (tertiary/aromatic N) is 4. The van der Waals surface area contributed by atoms with Crippen LogP contribution < -0.4 is 5.32 Å². The third-order valence-corrected chi connectivity index (χ3v) is 5.48. The second kappa shape index (κ2) is 7.06. The lowest BCUT2D eigenvalue weighted by molar-refractivity contribution is 0.0932. The lowest BCUT2D eigenvalue weighted by atomic mass is 10.1. The van der Waals surface area contributed by atoms with Gasteiger partial charge in [0.05, 0.1) is 18.4 Å². The molecule has 142 valence electrons. The van der Waals surface area contributed by atoms with Crippen LogP contribution in [0.2, 0.25) is 0 Å². The first-order valence-electron chi connectivity index (χ1n) is 9.41. The van der Waals surface area contributed by atoms with Crippen LogP contribution >= 0.6 is 0 Å². The van der Waals surface area contributed by atoms with Gasteiger partial charge in [0.2, 0.25) is 0 Å². The van der Waals surface area contributed by atoms with Crippen LogP contribution in [0.5, 0.6) is 0 Å². The van der Waals surface area contributed by atoms with Crippen molar-refractivity contribution in [1.82, 2.24) is 24.6 Å². The number of furan rings is 1. The van der Waals surface area contributed by atoms with Crippen LogP contribution in [0.1, 0.15) is 52.0 Å². The van der Waals surface area contributed by atoms with Gasteiger partial charge in [-0.05, 0) is 51.8 Å². The first-order chi connectivity index (χ1) is 13.0. The Morgan fingerprint density at radius 2 is 2.15 bits per heavy atom. The standard InChI is InChI=1S/C20H25N5O2/c1-13-11-18(14(2)25(13)12-17-5-4-10-27-17)20(26)21-16-6-7-19-23-22-15(3)24(19)9-8-16/h4-5,10-11,16H,6-9,12H2,1-3H3,(H,21,26). The number of rotatable bonds is 4. The van der Waals surface area contributed by atoms with E-state index in [2.05, 4.69) is 24.6 Å². The molecule has 0 aliphatic carbocycles. The fourth-order valence-electron chi connectivity index (χ4n) is 3.87. The second-order valence-corrected chi connectivity index (χ2v) is 7.26. The van der Waals surface area contributed by atoms with E-state index in [4.69, 9.17) is 4.42 Å². The number of hydrogen-bond donors (Lipinski definition) is 1. The Morgan fingerprint density at radius 1 is 1.30 bits per heavy atom. The van der Waals surface area contributed by atoms with Gasteiger partial charge in [-0.3, -0.25) is 4.79 Å². The van der Waals surface area contributed by atoms with Crippen molar-refractivity contribution >= 4 is 5.91 Å². The third-order valence-electron chi connectivity index (χ3n) is 5.48. The zero-order valence-corrected chi connectivity index (χ0v) is 16.0. The van der Waals surface area contributed by atoms with Crippen LogP contribution in [0.3, 0.4) is 0 Å². The van der Waals surface area contributed by atoms with Crippen LogP contribution in [0.4, 0.5) is 0 Å². The molecule has 0 fully saturated rings. The minimum atomic E-state index is -0.00631. The van der Waals surface area contributed by atoms with Crippen LogP contribution in [0.15, 0.2) is 28.9 Å². The molecular weight excluding hydrogens is 342 g/mol. The van der Waals surface area contributed by atoms with Gasteiger partial charge in [0.25, 0.3) is 5.91 Å². The molecule has 4 heterocycles. The van der Waals surface area contributed by atoms with Crippen molar-refractivity contribution in [2.45, 2.75) is 59.2 Å². The van der Waals surface area contributed by atoms with Crippen molar-refractivity contribution < 1.29 is 9.21 Å². The molecule has 1 aliphatic rings. The van der Waals surface area contributed by atoms with Crippen LogP contribution in [-0.4, -0.2) is 31.3 Å². The molecule has 0 saturated heterocycles. The number of hydrogen-bond acceptors (Lipinski definition) is 4. The summed E-state index contributed by atoms with van der Waals surface area (Å²) in [6, 6.07) is 5.94. The summed E-state index contributed by atoms with van der Waals surface area (Å²) >= 11 is 0. The quantitative estimate of drug-likeness (QED) is 0.769. The van der Waals surface area contributed by atoms with Gasteiger partial charge in [-0.2, -0.15) is 0 Å². The Balaban J connectivity index is 1.46. The summed E-state index contributed by atoms with van der Waals surface area (Å²) in [6.45, 7) is 7.46. The van der Waals surface area contributed by atoms with Gasteiger partial charge in [-0.15, -0.1) is 10.2 Å². The fourth-order valence-corrected chi connectivity index (χ4v) is 3.87. The topological polar surface area (TPSA) is 77.9 Å². The molecule has 0 saturated carbocycles. The minimum Gasteiger partial charge on any atom is -0.467 e. The Hall–Kier alpha value is -2.83. The minimum absolute atomic E-state index is 0.00631. The van der Waals surface area contributed by atoms with Crippen molar-refractivity contribution in [2.75, 3.05) is 0 Å². The average Bonchev–Trinajstić information content (AvgIpc) is 3.31. The van der Waals surface area contributed by atoms with E-state index >= 15 is 0 Å². The highest BCUT2D eigenvalue weighted by atomic mass is 16.3. The SMILES string of the molecule is Cc1cc(C(=O)NC2CCc3nnc(C)n3CC2)c(C)n1Cc1ccco1.